The SMILES string of the molecule is O=C1C2C(CO)C2CN1c1ccccc1O. The van der Waals surface area contributed by atoms with Crippen molar-refractivity contribution >= 4 is 11.6 Å². The third-order valence-electron chi connectivity index (χ3n) is 3.66. The summed E-state index contributed by atoms with van der Waals surface area (Å²) in [5, 5.41) is 18.7. The smallest absolute Gasteiger partial charge is 0.230 e. The molecule has 0 radical (unpaired) electrons. The van der Waals surface area contributed by atoms with E-state index in [1.54, 1.807) is 29.2 Å². The Bertz CT molecular complexity index is 446. The van der Waals surface area contributed by atoms with Gasteiger partial charge in [-0.15, -0.1) is 0 Å². The van der Waals surface area contributed by atoms with Crippen LogP contribution < -0.4 is 4.90 Å². The second-order valence-corrected chi connectivity index (χ2v) is 4.47. The number of aliphatic hydroxyl groups excluding tert-OH is 1. The molecule has 0 spiro atoms. The number of rotatable bonds is 2. The first-order valence-electron chi connectivity index (χ1n) is 5.44. The first kappa shape index (κ1) is 9.66. The first-order valence-corrected chi connectivity index (χ1v) is 5.44. The molecule has 4 nitrogen and oxygen atoms in total. The molecule has 1 amide bonds. The van der Waals surface area contributed by atoms with Gasteiger partial charge in [-0.2, -0.15) is 0 Å². The monoisotopic (exact) mass is 219 g/mol. The number of hydrogen-bond acceptors (Lipinski definition) is 3. The molecule has 1 aliphatic heterocycles. The third kappa shape index (κ3) is 1.16. The Hall–Kier alpha value is -1.55. The van der Waals surface area contributed by atoms with Crippen LogP contribution in [0.5, 0.6) is 5.75 Å². The zero-order valence-electron chi connectivity index (χ0n) is 8.71. The van der Waals surface area contributed by atoms with E-state index in [1.807, 2.05) is 0 Å². The zero-order chi connectivity index (χ0) is 11.3. The van der Waals surface area contributed by atoms with Crippen LogP contribution >= 0.6 is 0 Å². The minimum atomic E-state index is -0.0235. The Labute approximate surface area is 93.1 Å². The van der Waals surface area contributed by atoms with Crippen molar-refractivity contribution in [2.45, 2.75) is 0 Å². The molecule has 1 saturated carbocycles. The number of para-hydroxylation sites is 2. The molecule has 2 fully saturated rings. The molecular formula is C12H13NO3. The Kier molecular flexibility index (Phi) is 1.94. The summed E-state index contributed by atoms with van der Waals surface area (Å²) in [5.74, 6) is 0.569. The van der Waals surface area contributed by atoms with Crippen LogP contribution in [0.1, 0.15) is 0 Å². The van der Waals surface area contributed by atoms with E-state index in [4.69, 9.17) is 5.11 Å². The van der Waals surface area contributed by atoms with Crippen LogP contribution in [0.2, 0.25) is 0 Å². The van der Waals surface area contributed by atoms with Crippen LogP contribution in [-0.4, -0.2) is 29.3 Å². The number of fused-ring (bicyclic) bond motifs is 1. The molecule has 1 aliphatic carbocycles. The van der Waals surface area contributed by atoms with Gasteiger partial charge >= 0.3 is 0 Å². The summed E-state index contributed by atoms with van der Waals surface area (Å²) < 4.78 is 0. The molecule has 4 heteroatoms. The first-order chi connectivity index (χ1) is 7.74. The standard InChI is InChI=1S/C12H13NO3/c14-6-8-7-5-13(12(16)11(7)8)9-3-1-2-4-10(9)15/h1-4,7-8,11,14-15H,5-6H2. The molecule has 3 atom stereocenters. The molecule has 0 bridgehead atoms. The molecule has 1 aromatic carbocycles. The van der Waals surface area contributed by atoms with Crippen molar-refractivity contribution in [1.29, 1.82) is 0 Å². The highest BCUT2D eigenvalue weighted by Gasteiger charge is 2.61. The Morgan fingerprint density at radius 3 is 2.69 bits per heavy atom. The van der Waals surface area contributed by atoms with E-state index >= 15 is 0 Å². The Balaban J connectivity index is 1.85. The predicted molar refractivity (Wildman–Crippen MR) is 58.0 cm³/mol. The number of amides is 1. The van der Waals surface area contributed by atoms with Gasteiger partial charge in [-0.25, -0.2) is 0 Å². The number of piperidine rings is 1. The second kappa shape index (κ2) is 3.22. The van der Waals surface area contributed by atoms with Crippen molar-refractivity contribution in [2.24, 2.45) is 17.8 Å². The van der Waals surface area contributed by atoms with E-state index in [1.165, 1.54) is 0 Å². The van der Waals surface area contributed by atoms with Crippen LogP contribution in [0.3, 0.4) is 0 Å². The molecule has 3 rings (SSSR count). The summed E-state index contributed by atoms with van der Waals surface area (Å²) in [4.78, 5) is 13.6. The van der Waals surface area contributed by atoms with Gasteiger partial charge in [-0.05, 0) is 24.0 Å². The summed E-state index contributed by atoms with van der Waals surface area (Å²) in [7, 11) is 0. The van der Waals surface area contributed by atoms with E-state index in [2.05, 4.69) is 0 Å². The van der Waals surface area contributed by atoms with Gasteiger partial charge in [-0.1, -0.05) is 12.1 Å². The molecule has 16 heavy (non-hydrogen) atoms. The highest BCUT2D eigenvalue weighted by atomic mass is 16.3. The minimum absolute atomic E-state index is 0.0235. The van der Waals surface area contributed by atoms with Gasteiger partial charge < -0.3 is 15.1 Å². The number of phenols is 1. The van der Waals surface area contributed by atoms with Crippen molar-refractivity contribution in [2.75, 3.05) is 18.1 Å². The Morgan fingerprint density at radius 1 is 1.38 bits per heavy atom. The summed E-state index contributed by atoms with van der Waals surface area (Å²) in [5.41, 5.74) is 0.580. The van der Waals surface area contributed by atoms with Crippen molar-refractivity contribution in [3.63, 3.8) is 0 Å². The van der Waals surface area contributed by atoms with E-state index in [0.29, 0.717) is 12.2 Å². The van der Waals surface area contributed by atoms with Gasteiger partial charge in [0.25, 0.3) is 0 Å². The van der Waals surface area contributed by atoms with Gasteiger partial charge in [0.2, 0.25) is 5.91 Å². The number of benzene rings is 1. The van der Waals surface area contributed by atoms with E-state index in [0.717, 1.165) is 0 Å². The van der Waals surface area contributed by atoms with Gasteiger partial charge in [-0.3, -0.25) is 4.79 Å². The topological polar surface area (TPSA) is 60.8 Å². The molecule has 1 aromatic rings. The van der Waals surface area contributed by atoms with E-state index < -0.39 is 0 Å². The number of aromatic hydroxyl groups is 1. The van der Waals surface area contributed by atoms with Crippen LogP contribution in [0.25, 0.3) is 0 Å². The van der Waals surface area contributed by atoms with Crippen molar-refractivity contribution < 1.29 is 15.0 Å². The molecule has 1 saturated heterocycles. The van der Waals surface area contributed by atoms with Gasteiger partial charge in [0.1, 0.15) is 5.75 Å². The molecule has 2 N–H and O–H groups in total. The maximum absolute atomic E-state index is 12.0. The van der Waals surface area contributed by atoms with Crippen molar-refractivity contribution in [3.05, 3.63) is 24.3 Å². The summed E-state index contributed by atoms with van der Waals surface area (Å²) in [6.45, 7) is 0.710. The fourth-order valence-electron chi connectivity index (χ4n) is 2.70. The summed E-state index contributed by atoms with van der Waals surface area (Å²) in [6.07, 6.45) is 0. The number of carbonyl (C=O) groups excluding carboxylic acids is 1. The molecule has 3 unspecified atom stereocenters. The quantitative estimate of drug-likeness (QED) is 0.765. The molecule has 84 valence electrons. The van der Waals surface area contributed by atoms with E-state index in [9.17, 15) is 9.90 Å². The van der Waals surface area contributed by atoms with Crippen LogP contribution in [0, 0.1) is 17.8 Å². The average molecular weight is 219 g/mol. The van der Waals surface area contributed by atoms with Gasteiger partial charge in [0, 0.05) is 19.1 Å². The second-order valence-electron chi connectivity index (χ2n) is 4.47. The number of carbonyl (C=O) groups is 1. The lowest BCUT2D eigenvalue weighted by molar-refractivity contribution is -0.119. The van der Waals surface area contributed by atoms with Crippen LogP contribution in [0.15, 0.2) is 24.3 Å². The maximum Gasteiger partial charge on any atom is 0.230 e. The molecule has 0 aromatic heterocycles. The summed E-state index contributed by atoms with van der Waals surface area (Å²) in [6, 6.07) is 6.86. The summed E-state index contributed by atoms with van der Waals surface area (Å²) >= 11 is 0. The van der Waals surface area contributed by atoms with Gasteiger partial charge in [0.05, 0.1) is 5.69 Å². The number of anilines is 1. The Morgan fingerprint density at radius 2 is 2.12 bits per heavy atom. The molecular weight excluding hydrogens is 206 g/mol. The predicted octanol–water partition coefficient (Wildman–Crippen LogP) is 0.593. The molecule has 1 heterocycles. The minimum Gasteiger partial charge on any atom is -0.506 e. The van der Waals surface area contributed by atoms with Crippen molar-refractivity contribution in [1.82, 2.24) is 0 Å². The lowest BCUT2D eigenvalue weighted by Crippen LogP contribution is -2.30. The number of phenolic OH excluding ortho intramolecular Hbond substituents is 1. The lowest BCUT2D eigenvalue weighted by atomic mass is 10.2. The average Bonchev–Trinajstić information content (AvgIpc) is 2.89. The normalized spacial score (nSPS) is 31.7. The number of aliphatic hydroxyl groups is 1. The van der Waals surface area contributed by atoms with E-state index in [-0.39, 0.29) is 36.0 Å². The number of hydrogen-bond donors (Lipinski definition) is 2. The largest absolute Gasteiger partial charge is 0.506 e. The molecule has 2 aliphatic rings. The third-order valence-corrected chi connectivity index (χ3v) is 3.66. The van der Waals surface area contributed by atoms with Crippen molar-refractivity contribution in [3.8, 4) is 5.75 Å². The fraction of sp³-hybridized carbons (Fsp3) is 0.417. The number of nitrogens with zero attached hydrogens (tertiary/aromatic N) is 1. The lowest BCUT2D eigenvalue weighted by Gasteiger charge is -2.20. The highest BCUT2D eigenvalue weighted by Crippen LogP contribution is 2.53. The zero-order valence-corrected chi connectivity index (χ0v) is 8.71. The van der Waals surface area contributed by atoms with Crippen LogP contribution in [0.4, 0.5) is 5.69 Å². The maximum atomic E-state index is 12.0. The van der Waals surface area contributed by atoms with Crippen LogP contribution in [-0.2, 0) is 4.79 Å². The highest BCUT2D eigenvalue weighted by molar-refractivity contribution is 6.01. The fourth-order valence-corrected chi connectivity index (χ4v) is 2.70. The van der Waals surface area contributed by atoms with Gasteiger partial charge in [0.15, 0.2) is 0 Å².